The standard InChI is InChI=1S/C16H13BrClFN2/c1-9-5-12(19)8-13(6-9)21-15-7-11(17)3-4-14(15)20-16(21)10(2)18/h3-8,10H,1-2H3. The maximum absolute atomic E-state index is 13.8. The van der Waals surface area contributed by atoms with E-state index in [2.05, 4.69) is 20.9 Å². The molecule has 0 bridgehead atoms. The SMILES string of the molecule is Cc1cc(F)cc(-n2c(C(C)Cl)nc3ccc(Br)cc32)c1. The Balaban J connectivity index is 2.38. The van der Waals surface area contributed by atoms with Crippen LogP contribution in [0, 0.1) is 12.7 Å². The lowest BCUT2D eigenvalue weighted by molar-refractivity contribution is 0.625. The second-order valence-electron chi connectivity index (χ2n) is 5.04. The van der Waals surface area contributed by atoms with Crippen LogP contribution in [0.5, 0.6) is 0 Å². The van der Waals surface area contributed by atoms with Gasteiger partial charge in [0, 0.05) is 4.47 Å². The van der Waals surface area contributed by atoms with Gasteiger partial charge in [0.1, 0.15) is 11.6 Å². The molecular formula is C16H13BrClFN2. The third-order valence-corrected chi connectivity index (χ3v) is 3.97. The highest BCUT2D eigenvalue weighted by molar-refractivity contribution is 9.10. The van der Waals surface area contributed by atoms with Crippen molar-refractivity contribution < 1.29 is 4.39 Å². The minimum absolute atomic E-state index is 0.268. The van der Waals surface area contributed by atoms with Gasteiger partial charge in [-0.3, -0.25) is 4.57 Å². The van der Waals surface area contributed by atoms with Gasteiger partial charge >= 0.3 is 0 Å². The maximum Gasteiger partial charge on any atom is 0.132 e. The first-order valence-electron chi connectivity index (χ1n) is 6.55. The molecule has 3 aromatic rings. The summed E-state index contributed by atoms with van der Waals surface area (Å²) in [5, 5.41) is -0.278. The van der Waals surface area contributed by atoms with Gasteiger partial charge in [0.15, 0.2) is 0 Å². The molecule has 3 rings (SSSR count). The van der Waals surface area contributed by atoms with E-state index in [-0.39, 0.29) is 11.2 Å². The van der Waals surface area contributed by atoms with Gasteiger partial charge in [0.05, 0.1) is 22.1 Å². The molecular weight excluding hydrogens is 355 g/mol. The predicted molar refractivity (Wildman–Crippen MR) is 87.7 cm³/mol. The van der Waals surface area contributed by atoms with E-state index < -0.39 is 0 Å². The molecule has 108 valence electrons. The van der Waals surface area contributed by atoms with Crippen molar-refractivity contribution in [1.82, 2.24) is 9.55 Å². The van der Waals surface area contributed by atoms with E-state index in [1.54, 1.807) is 0 Å². The number of benzene rings is 2. The summed E-state index contributed by atoms with van der Waals surface area (Å²) in [5.41, 5.74) is 3.32. The summed E-state index contributed by atoms with van der Waals surface area (Å²) in [6.07, 6.45) is 0. The number of hydrogen-bond acceptors (Lipinski definition) is 1. The van der Waals surface area contributed by atoms with Gasteiger partial charge in [-0.2, -0.15) is 0 Å². The third kappa shape index (κ3) is 2.70. The first-order valence-corrected chi connectivity index (χ1v) is 7.78. The zero-order chi connectivity index (χ0) is 15.1. The summed E-state index contributed by atoms with van der Waals surface area (Å²) in [6.45, 7) is 3.73. The normalized spacial score (nSPS) is 12.8. The zero-order valence-electron chi connectivity index (χ0n) is 11.6. The summed E-state index contributed by atoms with van der Waals surface area (Å²) in [6, 6.07) is 10.7. The fraction of sp³-hybridized carbons (Fsp3) is 0.188. The lowest BCUT2D eigenvalue weighted by Crippen LogP contribution is -2.02. The van der Waals surface area contributed by atoms with Gasteiger partial charge < -0.3 is 0 Å². The summed E-state index contributed by atoms with van der Waals surface area (Å²) >= 11 is 9.73. The Kier molecular flexibility index (Phi) is 3.76. The number of imidazole rings is 1. The van der Waals surface area contributed by atoms with E-state index in [0.29, 0.717) is 5.82 Å². The molecule has 0 fully saturated rings. The van der Waals surface area contributed by atoms with Gasteiger partial charge in [-0.1, -0.05) is 15.9 Å². The molecule has 0 saturated carbocycles. The summed E-state index contributed by atoms with van der Waals surface area (Å²) < 4.78 is 16.6. The van der Waals surface area contributed by atoms with Crippen LogP contribution >= 0.6 is 27.5 Å². The average molecular weight is 368 g/mol. The molecule has 0 spiro atoms. The van der Waals surface area contributed by atoms with Crippen LogP contribution in [0.3, 0.4) is 0 Å². The minimum Gasteiger partial charge on any atom is -0.295 e. The van der Waals surface area contributed by atoms with Crippen molar-refractivity contribution in [3.8, 4) is 5.69 Å². The van der Waals surface area contributed by atoms with Gasteiger partial charge in [0.25, 0.3) is 0 Å². The maximum atomic E-state index is 13.8. The van der Waals surface area contributed by atoms with Crippen LogP contribution in [0.15, 0.2) is 40.9 Å². The van der Waals surface area contributed by atoms with Gasteiger partial charge in [-0.05, 0) is 55.8 Å². The largest absolute Gasteiger partial charge is 0.295 e. The van der Waals surface area contributed by atoms with Crippen LogP contribution in [0.25, 0.3) is 16.7 Å². The molecule has 0 N–H and O–H groups in total. The van der Waals surface area contributed by atoms with E-state index in [9.17, 15) is 4.39 Å². The van der Waals surface area contributed by atoms with E-state index in [1.807, 2.05) is 42.7 Å². The first kappa shape index (κ1) is 14.5. The average Bonchev–Trinajstić information content (AvgIpc) is 2.76. The smallest absolute Gasteiger partial charge is 0.132 e. The molecule has 21 heavy (non-hydrogen) atoms. The molecule has 0 saturated heterocycles. The number of rotatable bonds is 2. The second kappa shape index (κ2) is 5.43. The highest BCUT2D eigenvalue weighted by atomic mass is 79.9. The number of alkyl halides is 1. The van der Waals surface area contributed by atoms with Crippen LogP contribution in [0.1, 0.15) is 23.7 Å². The molecule has 0 aliphatic rings. The molecule has 1 aromatic heterocycles. The Labute approximate surface area is 135 Å². The Bertz CT molecular complexity index is 806. The van der Waals surface area contributed by atoms with E-state index >= 15 is 0 Å². The van der Waals surface area contributed by atoms with Crippen LogP contribution in [0.2, 0.25) is 0 Å². The molecule has 0 amide bonds. The van der Waals surface area contributed by atoms with Gasteiger partial charge in [-0.25, -0.2) is 9.37 Å². The van der Waals surface area contributed by atoms with Gasteiger partial charge in [-0.15, -0.1) is 11.6 Å². The number of nitrogens with zero attached hydrogens (tertiary/aromatic N) is 2. The van der Waals surface area contributed by atoms with Crippen molar-refractivity contribution in [2.75, 3.05) is 0 Å². The molecule has 0 aliphatic carbocycles. The number of hydrogen-bond donors (Lipinski definition) is 0. The van der Waals surface area contributed by atoms with E-state index in [0.717, 1.165) is 26.8 Å². The lowest BCUT2D eigenvalue weighted by Gasteiger charge is -2.12. The monoisotopic (exact) mass is 366 g/mol. The summed E-state index contributed by atoms with van der Waals surface area (Å²) in [7, 11) is 0. The van der Waals surface area contributed by atoms with Crippen LogP contribution in [0.4, 0.5) is 4.39 Å². The van der Waals surface area contributed by atoms with E-state index in [1.165, 1.54) is 12.1 Å². The Hall–Kier alpha value is -1.39. The zero-order valence-corrected chi connectivity index (χ0v) is 13.9. The fourth-order valence-corrected chi connectivity index (χ4v) is 2.95. The molecule has 1 heterocycles. The summed E-state index contributed by atoms with van der Waals surface area (Å²) in [4.78, 5) is 4.58. The molecule has 0 aliphatic heterocycles. The minimum atomic E-state index is -0.278. The Morgan fingerprint density at radius 1 is 1.24 bits per heavy atom. The molecule has 1 unspecified atom stereocenters. The molecule has 2 nitrogen and oxygen atoms in total. The Morgan fingerprint density at radius 3 is 2.67 bits per heavy atom. The van der Waals surface area contributed by atoms with Crippen molar-refractivity contribution >= 4 is 38.6 Å². The van der Waals surface area contributed by atoms with Crippen LogP contribution < -0.4 is 0 Å². The van der Waals surface area contributed by atoms with Crippen molar-refractivity contribution in [3.05, 3.63) is 58.1 Å². The molecule has 1 atom stereocenters. The highest BCUT2D eigenvalue weighted by Gasteiger charge is 2.17. The number of aromatic nitrogens is 2. The predicted octanol–water partition coefficient (Wildman–Crippen LogP) is 5.54. The quantitative estimate of drug-likeness (QED) is 0.544. The highest BCUT2D eigenvalue weighted by Crippen LogP contribution is 2.30. The van der Waals surface area contributed by atoms with Crippen molar-refractivity contribution in [2.24, 2.45) is 0 Å². The molecule has 5 heteroatoms. The topological polar surface area (TPSA) is 17.8 Å². The summed E-state index contributed by atoms with van der Waals surface area (Å²) in [5.74, 6) is 0.435. The number of halogens is 3. The lowest BCUT2D eigenvalue weighted by atomic mass is 10.2. The molecule has 2 aromatic carbocycles. The van der Waals surface area contributed by atoms with Gasteiger partial charge in [0.2, 0.25) is 0 Å². The Morgan fingerprint density at radius 2 is 2.00 bits per heavy atom. The molecule has 0 radical (unpaired) electrons. The van der Waals surface area contributed by atoms with Crippen LogP contribution in [-0.2, 0) is 0 Å². The van der Waals surface area contributed by atoms with Crippen molar-refractivity contribution in [3.63, 3.8) is 0 Å². The third-order valence-electron chi connectivity index (χ3n) is 3.28. The first-order chi connectivity index (χ1) is 9.95. The second-order valence-corrected chi connectivity index (χ2v) is 6.61. The fourth-order valence-electron chi connectivity index (χ4n) is 2.45. The van der Waals surface area contributed by atoms with E-state index in [4.69, 9.17) is 11.6 Å². The number of fused-ring (bicyclic) bond motifs is 1. The van der Waals surface area contributed by atoms with Crippen LogP contribution in [-0.4, -0.2) is 9.55 Å². The van der Waals surface area contributed by atoms with Crippen molar-refractivity contribution in [1.29, 1.82) is 0 Å². The van der Waals surface area contributed by atoms with Crippen molar-refractivity contribution in [2.45, 2.75) is 19.2 Å². The number of aryl methyl sites for hydroxylation is 1.